The lowest BCUT2D eigenvalue weighted by molar-refractivity contribution is -0.384. The van der Waals surface area contributed by atoms with Gasteiger partial charge >= 0.3 is 5.97 Å². The van der Waals surface area contributed by atoms with Gasteiger partial charge in [0.15, 0.2) is 0 Å². The fourth-order valence-corrected chi connectivity index (χ4v) is 1.96. The van der Waals surface area contributed by atoms with E-state index in [0.29, 0.717) is 25.1 Å². The van der Waals surface area contributed by atoms with Gasteiger partial charge in [0, 0.05) is 26.1 Å². The first-order valence-corrected chi connectivity index (χ1v) is 5.99. The van der Waals surface area contributed by atoms with Crippen LogP contribution in [-0.2, 0) is 9.53 Å². The summed E-state index contributed by atoms with van der Waals surface area (Å²) in [7, 11) is 3.13. The van der Waals surface area contributed by atoms with Crippen LogP contribution in [0.25, 0.3) is 0 Å². The molecule has 6 nitrogen and oxygen atoms in total. The molecule has 0 fully saturated rings. The zero-order chi connectivity index (χ0) is 14.4. The number of aryl methyl sites for hydroxylation is 1. The van der Waals surface area contributed by atoms with Crippen LogP contribution >= 0.6 is 0 Å². The Morgan fingerprint density at radius 2 is 2.16 bits per heavy atom. The second-order valence-electron chi connectivity index (χ2n) is 4.30. The average molecular weight is 266 g/mol. The Labute approximate surface area is 112 Å². The molecule has 1 rings (SSSR count). The number of nitro groups is 1. The van der Waals surface area contributed by atoms with Crippen LogP contribution in [0.2, 0.25) is 0 Å². The van der Waals surface area contributed by atoms with Gasteiger partial charge in [-0.1, -0.05) is 12.1 Å². The normalized spacial score (nSPS) is 10.1. The molecular formula is C13H18N2O4. The maximum atomic E-state index is 11.0. The molecule has 1 aromatic carbocycles. The lowest BCUT2D eigenvalue weighted by atomic mass is 10.1. The van der Waals surface area contributed by atoms with E-state index in [4.69, 9.17) is 0 Å². The fraction of sp³-hybridized carbons (Fsp3) is 0.462. The summed E-state index contributed by atoms with van der Waals surface area (Å²) in [4.78, 5) is 23.4. The number of rotatable bonds is 6. The van der Waals surface area contributed by atoms with E-state index in [9.17, 15) is 14.9 Å². The topological polar surface area (TPSA) is 72.7 Å². The van der Waals surface area contributed by atoms with Gasteiger partial charge in [0.05, 0.1) is 12.0 Å². The van der Waals surface area contributed by atoms with Crippen LogP contribution in [0.5, 0.6) is 0 Å². The molecule has 0 aromatic heterocycles. The Balaban J connectivity index is 2.79. The number of hydrogen-bond donors (Lipinski definition) is 0. The van der Waals surface area contributed by atoms with Crippen molar-refractivity contribution >= 4 is 17.3 Å². The number of carbonyl (C=O) groups is 1. The highest BCUT2D eigenvalue weighted by molar-refractivity contribution is 5.69. The van der Waals surface area contributed by atoms with Gasteiger partial charge in [0.1, 0.15) is 5.69 Å². The van der Waals surface area contributed by atoms with E-state index in [1.54, 1.807) is 18.0 Å². The van der Waals surface area contributed by atoms with Gasteiger partial charge in [-0.05, 0) is 18.9 Å². The molecule has 0 unspecified atom stereocenters. The molecule has 0 aliphatic heterocycles. The first-order chi connectivity index (χ1) is 8.97. The molecule has 6 heteroatoms. The SMILES string of the molecule is COC(=O)CCCN(C)c1c(C)cccc1[N+](=O)[O-]. The van der Waals surface area contributed by atoms with Crippen molar-refractivity contribution in [2.45, 2.75) is 19.8 Å². The smallest absolute Gasteiger partial charge is 0.305 e. The van der Waals surface area contributed by atoms with E-state index in [-0.39, 0.29) is 16.6 Å². The fourth-order valence-electron chi connectivity index (χ4n) is 1.96. The molecule has 0 saturated carbocycles. The number of hydrogen-bond acceptors (Lipinski definition) is 5. The Morgan fingerprint density at radius 3 is 2.74 bits per heavy atom. The molecule has 0 spiro atoms. The highest BCUT2D eigenvalue weighted by Crippen LogP contribution is 2.30. The molecule has 0 saturated heterocycles. The zero-order valence-corrected chi connectivity index (χ0v) is 11.4. The third-order valence-electron chi connectivity index (χ3n) is 2.90. The Bertz CT molecular complexity index is 474. The number of methoxy groups -OCH3 is 1. The van der Waals surface area contributed by atoms with Crippen LogP contribution in [0.4, 0.5) is 11.4 Å². The maximum absolute atomic E-state index is 11.0. The van der Waals surface area contributed by atoms with Crippen LogP contribution in [0.15, 0.2) is 18.2 Å². The van der Waals surface area contributed by atoms with Crippen LogP contribution in [0, 0.1) is 17.0 Å². The van der Waals surface area contributed by atoms with E-state index in [2.05, 4.69) is 4.74 Å². The summed E-state index contributed by atoms with van der Waals surface area (Å²) in [5, 5.41) is 11.0. The molecule has 0 aliphatic rings. The molecule has 0 heterocycles. The third kappa shape index (κ3) is 3.94. The second-order valence-corrected chi connectivity index (χ2v) is 4.30. The van der Waals surface area contributed by atoms with Crippen molar-refractivity contribution in [1.29, 1.82) is 0 Å². The Morgan fingerprint density at radius 1 is 1.47 bits per heavy atom. The van der Waals surface area contributed by atoms with Gasteiger partial charge < -0.3 is 9.64 Å². The van der Waals surface area contributed by atoms with Gasteiger partial charge in [0.25, 0.3) is 5.69 Å². The number of esters is 1. The second kappa shape index (κ2) is 6.72. The van der Waals surface area contributed by atoms with Crippen molar-refractivity contribution < 1.29 is 14.5 Å². The van der Waals surface area contributed by atoms with E-state index in [0.717, 1.165) is 5.56 Å². The number of nitrogens with zero attached hydrogens (tertiary/aromatic N) is 2. The molecule has 104 valence electrons. The number of nitro benzene ring substituents is 1. The third-order valence-corrected chi connectivity index (χ3v) is 2.90. The molecular weight excluding hydrogens is 248 g/mol. The predicted octanol–water partition coefficient (Wildman–Crippen LogP) is 2.29. The summed E-state index contributed by atoms with van der Waals surface area (Å²) in [5.74, 6) is -0.271. The molecule has 19 heavy (non-hydrogen) atoms. The minimum atomic E-state index is -0.390. The number of anilines is 1. The molecule has 0 bridgehead atoms. The van der Waals surface area contributed by atoms with Crippen LogP contribution in [-0.4, -0.2) is 31.6 Å². The molecule has 1 aromatic rings. The average Bonchev–Trinajstić information content (AvgIpc) is 2.37. The predicted molar refractivity (Wildman–Crippen MR) is 72.4 cm³/mol. The summed E-state index contributed by atoms with van der Waals surface area (Å²) in [6.07, 6.45) is 0.898. The van der Waals surface area contributed by atoms with Gasteiger partial charge in [-0.2, -0.15) is 0 Å². The first-order valence-electron chi connectivity index (χ1n) is 5.99. The largest absolute Gasteiger partial charge is 0.469 e. The van der Waals surface area contributed by atoms with Crippen LogP contribution in [0.1, 0.15) is 18.4 Å². The number of para-hydroxylation sites is 1. The van der Waals surface area contributed by atoms with Crippen molar-refractivity contribution in [2.75, 3.05) is 25.6 Å². The number of benzene rings is 1. The molecule has 0 atom stereocenters. The highest BCUT2D eigenvalue weighted by Gasteiger charge is 2.18. The molecule has 0 N–H and O–H groups in total. The van der Waals surface area contributed by atoms with Crippen LogP contribution < -0.4 is 4.90 Å². The summed E-state index contributed by atoms with van der Waals surface area (Å²) >= 11 is 0. The quantitative estimate of drug-likeness (QED) is 0.448. The molecule has 0 amide bonds. The highest BCUT2D eigenvalue weighted by atomic mass is 16.6. The number of carbonyl (C=O) groups excluding carboxylic acids is 1. The number of ether oxygens (including phenoxy) is 1. The standard InChI is InChI=1S/C13H18N2O4/c1-10-6-4-7-11(15(17)18)13(10)14(2)9-5-8-12(16)19-3/h4,6-7H,5,8-9H2,1-3H3. The van der Waals surface area contributed by atoms with Crippen LogP contribution in [0.3, 0.4) is 0 Å². The summed E-state index contributed by atoms with van der Waals surface area (Å²) in [6, 6.07) is 4.98. The Kier molecular flexibility index (Phi) is 5.29. The lowest BCUT2D eigenvalue weighted by Gasteiger charge is -2.20. The van der Waals surface area contributed by atoms with Gasteiger partial charge in [-0.25, -0.2) is 0 Å². The first kappa shape index (κ1) is 14.9. The van der Waals surface area contributed by atoms with Crippen molar-refractivity contribution in [1.82, 2.24) is 0 Å². The monoisotopic (exact) mass is 266 g/mol. The maximum Gasteiger partial charge on any atom is 0.305 e. The minimum Gasteiger partial charge on any atom is -0.469 e. The lowest BCUT2D eigenvalue weighted by Crippen LogP contribution is -2.21. The van der Waals surface area contributed by atoms with Gasteiger partial charge in [-0.3, -0.25) is 14.9 Å². The van der Waals surface area contributed by atoms with Crippen molar-refractivity contribution in [2.24, 2.45) is 0 Å². The van der Waals surface area contributed by atoms with E-state index >= 15 is 0 Å². The van der Waals surface area contributed by atoms with Crippen molar-refractivity contribution in [3.8, 4) is 0 Å². The van der Waals surface area contributed by atoms with Crippen molar-refractivity contribution in [3.05, 3.63) is 33.9 Å². The Hall–Kier alpha value is -2.11. The van der Waals surface area contributed by atoms with Gasteiger partial charge in [-0.15, -0.1) is 0 Å². The molecule has 0 aliphatic carbocycles. The van der Waals surface area contributed by atoms with Crippen molar-refractivity contribution in [3.63, 3.8) is 0 Å². The minimum absolute atomic E-state index is 0.0839. The zero-order valence-electron chi connectivity index (χ0n) is 11.4. The van der Waals surface area contributed by atoms with E-state index in [1.807, 2.05) is 13.0 Å². The molecule has 0 radical (unpaired) electrons. The summed E-state index contributed by atoms with van der Waals surface area (Å²) in [5.41, 5.74) is 1.52. The van der Waals surface area contributed by atoms with E-state index in [1.165, 1.54) is 13.2 Å². The summed E-state index contributed by atoms with van der Waals surface area (Å²) < 4.78 is 4.56. The van der Waals surface area contributed by atoms with Gasteiger partial charge in [0.2, 0.25) is 0 Å². The van der Waals surface area contributed by atoms with E-state index < -0.39 is 0 Å². The summed E-state index contributed by atoms with van der Waals surface area (Å²) in [6.45, 7) is 2.39.